The van der Waals surface area contributed by atoms with Crippen LogP contribution >= 0.6 is 0 Å². The highest BCUT2D eigenvalue weighted by atomic mass is 16.6. The number of aliphatic carboxylic acids is 2. The third-order valence-corrected chi connectivity index (χ3v) is 8.03. The number of carbonyl (C=O) groups excluding carboxylic acids is 2. The molecule has 198 valence electrons. The first-order chi connectivity index (χ1) is 17.5. The number of aromatic hydroxyl groups is 1. The second-order valence-electron chi connectivity index (χ2n) is 9.99. The van der Waals surface area contributed by atoms with Crippen molar-refractivity contribution in [3.8, 4) is 11.5 Å². The zero-order chi connectivity index (χ0) is 26.7. The average molecular weight is 517 g/mol. The second-order valence-corrected chi connectivity index (χ2v) is 9.99. The van der Waals surface area contributed by atoms with E-state index in [1.165, 1.54) is 0 Å². The van der Waals surface area contributed by atoms with Gasteiger partial charge in [-0.3, -0.25) is 14.4 Å². The lowest BCUT2D eigenvalue weighted by Crippen LogP contribution is -2.74. The van der Waals surface area contributed by atoms with Crippen LogP contribution < -0.4 is 4.74 Å². The second kappa shape index (κ2) is 8.73. The summed E-state index contributed by atoms with van der Waals surface area (Å²) in [6.07, 6.45) is -1.73. The molecule has 1 spiro atoms. The molecule has 1 fully saturated rings. The van der Waals surface area contributed by atoms with Gasteiger partial charge in [-0.25, -0.2) is 4.79 Å². The van der Waals surface area contributed by atoms with E-state index in [4.69, 9.17) is 19.7 Å². The SMILES string of the molecule is CN1CCC23c4c5ccc(O)c4OC2C(OC(=O)CCC(=O)O[C@H](CC(=O)O)C(=O)O)=CC[C@@]3(O)[C@H]1C5. The fourth-order valence-electron chi connectivity index (χ4n) is 6.38. The molecule has 4 aliphatic rings. The quantitative estimate of drug-likeness (QED) is 0.351. The Balaban J connectivity index is 1.34. The lowest BCUT2D eigenvalue weighted by molar-refractivity contribution is -0.171. The highest BCUT2D eigenvalue weighted by molar-refractivity contribution is 5.84. The third-order valence-electron chi connectivity index (χ3n) is 8.03. The van der Waals surface area contributed by atoms with Crippen molar-refractivity contribution < 1.29 is 53.8 Å². The van der Waals surface area contributed by atoms with Gasteiger partial charge in [0.05, 0.1) is 30.3 Å². The van der Waals surface area contributed by atoms with Crippen molar-refractivity contribution in [1.29, 1.82) is 0 Å². The topological polar surface area (TPSA) is 180 Å². The molecule has 1 aromatic rings. The number of phenols is 1. The number of hydrogen-bond donors (Lipinski definition) is 4. The van der Waals surface area contributed by atoms with Crippen LogP contribution in [0.25, 0.3) is 0 Å². The lowest BCUT2D eigenvalue weighted by Gasteiger charge is -2.61. The number of carboxylic acid groups (broad SMARTS) is 2. The Hall–Kier alpha value is -3.64. The van der Waals surface area contributed by atoms with Crippen LogP contribution in [0.3, 0.4) is 0 Å². The summed E-state index contributed by atoms with van der Waals surface area (Å²) in [5.74, 6) is -4.54. The number of carbonyl (C=O) groups is 4. The minimum absolute atomic E-state index is 0.0648. The van der Waals surface area contributed by atoms with Crippen LogP contribution in [0.4, 0.5) is 0 Å². The minimum atomic E-state index is -1.87. The van der Waals surface area contributed by atoms with Gasteiger partial charge in [0, 0.05) is 18.0 Å². The lowest BCUT2D eigenvalue weighted by atomic mass is 9.50. The summed E-state index contributed by atoms with van der Waals surface area (Å²) >= 11 is 0. The van der Waals surface area contributed by atoms with Gasteiger partial charge in [-0.1, -0.05) is 6.07 Å². The maximum atomic E-state index is 12.6. The largest absolute Gasteiger partial charge is 0.504 e. The molecule has 12 heteroatoms. The third kappa shape index (κ3) is 3.74. The van der Waals surface area contributed by atoms with Crippen LogP contribution in [0.5, 0.6) is 11.5 Å². The van der Waals surface area contributed by atoms with E-state index in [1.54, 1.807) is 12.1 Å². The molecule has 2 bridgehead atoms. The molecule has 5 rings (SSSR count). The number of nitrogens with zero attached hydrogens (tertiary/aromatic N) is 1. The summed E-state index contributed by atoms with van der Waals surface area (Å²) in [6.45, 7) is 0.662. The zero-order valence-electron chi connectivity index (χ0n) is 20.0. The van der Waals surface area contributed by atoms with Gasteiger partial charge in [0.2, 0.25) is 6.10 Å². The fraction of sp³-hybridized carbons (Fsp3) is 0.520. The minimum Gasteiger partial charge on any atom is -0.504 e. The fourth-order valence-corrected chi connectivity index (χ4v) is 6.38. The van der Waals surface area contributed by atoms with Crippen LogP contribution in [0.1, 0.15) is 43.2 Å². The molecular formula is C25H27NO11. The van der Waals surface area contributed by atoms with Crippen LogP contribution in [-0.4, -0.2) is 86.6 Å². The maximum absolute atomic E-state index is 12.6. The Bertz CT molecular complexity index is 1230. The molecule has 2 unspecified atom stereocenters. The Morgan fingerprint density at radius 1 is 1.19 bits per heavy atom. The predicted molar refractivity (Wildman–Crippen MR) is 122 cm³/mol. The number of esters is 2. The van der Waals surface area contributed by atoms with Crippen LogP contribution in [0.15, 0.2) is 24.0 Å². The first-order valence-corrected chi connectivity index (χ1v) is 12.0. The van der Waals surface area contributed by atoms with Gasteiger partial charge >= 0.3 is 23.9 Å². The molecular weight excluding hydrogens is 490 g/mol. The molecule has 0 saturated carbocycles. The molecule has 0 aromatic heterocycles. The molecule has 5 atom stereocenters. The predicted octanol–water partition coefficient (Wildman–Crippen LogP) is 0.464. The van der Waals surface area contributed by atoms with Crippen LogP contribution in [0.2, 0.25) is 0 Å². The van der Waals surface area contributed by atoms with Gasteiger partial charge in [0.25, 0.3) is 0 Å². The molecule has 1 saturated heterocycles. The van der Waals surface area contributed by atoms with Crippen molar-refractivity contribution in [2.75, 3.05) is 13.6 Å². The first kappa shape index (κ1) is 25.0. The van der Waals surface area contributed by atoms with Crippen molar-refractivity contribution in [2.45, 2.75) is 67.8 Å². The van der Waals surface area contributed by atoms with Crippen molar-refractivity contribution in [3.63, 3.8) is 0 Å². The number of rotatable bonds is 8. The molecule has 0 amide bonds. The number of benzene rings is 1. The Labute approximate surface area is 211 Å². The number of phenolic OH excluding ortho intramolecular Hbond substituents is 1. The molecule has 2 aliphatic heterocycles. The van der Waals surface area contributed by atoms with E-state index < -0.39 is 66.4 Å². The number of likely N-dealkylation sites (N-methyl/N-ethyl adjacent to an activating group) is 1. The van der Waals surface area contributed by atoms with Crippen molar-refractivity contribution in [3.05, 3.63) is 35.1 Å². The summed E-state index contributed by atoms with van der Waals surface area (Å²) in [7, 11) is 1.95. The summed E-state index contributed by atoms with van der Waals surface area (Å²) in [6, 6.07) is 3.18. The van der Waals surface area contributed by atoms with E-state index in [9.17, 15) is 29.4 Å². The van der Waals surface area contributed by atoms with Gasteiger partial charge < -0.3 is 39.5 Å². The van der Waals surface area contributed by atoms with Crippen molar-refractivity contribution in [1.82, 2.24) is 4.90 Å². The number of ether oxygens (including phenoxy) is 3. The van der Waals surface area contributed by atoms with Crippen molar-refractivity contribution >= 4 is 23.9 Å². The maximum Gasteiger partial charge on any atom is 0.345 e. The Morgan fingerprint density at radius 3 is 2.62 bits per heavy atom. The summed E-state index contributed by atoms with van der Waals surface area (Å²) < 4.78 is 16.4. The first-order valence-electron chi connectivity index (χ1n) is 12.0. The van der Waals surface area contributed by atoms with E-state index in [0.29, 0.717) is 19.4 Å². The standard InChI is InChI=1S/C25H27NO11/c1-26-9-8-24-20-12-2-3-13(27)21(20)37-22(24)14(6-7-25(24,34)16(26)10-12)35-18(30)4-5-19(31)36-15(23(32)33)11-17(28)29/h2-3,6,15-16,22,27,34H,4-5,7-11H2,1H3,(H,28,29)(H,32,33)/t15-,16-,22?,24?,25-/m1/s1. The number of hydrogen-bond acceptors (Lipinski definition) is 10. The molecule has 1 aromatic carbocycles. The summed E-state index contributed by atoms with van der Waals surface area (Å²) in [4.78, 5) is 48.6. The smallest absolute Gasteiger partial charge is 0.345 e. The van der Waals surface area contributed by atoms with E-state index in [2.05, 4.69) is 9.64 Å². The van der Waals surface area contributed by atoms with Gasteiger partial charge in [0.1, 0.15) is 5.76 Å². The number of aliphatic hydroxyl groups is 1. The number of carboxylic acids is 2. The summed E-state index contributed by atoms with van der Waals surface area (Å²) in [5.41, 5.74) is -0.443. The average Bonchev–Trinajstić information content (AvgIpc) is 3.19. The molecule has 4 N–H and O–H groups in total. The Morgan fingerprint density at radius 2 is 1.92 bits per heavy atom. The normalized spacial score (nSPS) is 29.8. The zero-order valence-corrected chi connectivity index (χ0v) is 20.0. The summed E-state index contributed by atoms with van der Waals surface area (Å²) in [5, 5.41) is 40.4. The molecule has 12 nitrogen and oxygen atoms in total. The van der Waals surface area contributed by atoms with Gasteiger partial charge in [-0.2, -0.15) is 0 Å². The number of likely N-dealkylation sites (tertiary alicyclic amines) is 1. The van der Waals surface area contributed by atoms with E-state index in [-0.39, 0.29) is 29.7 Å². The van der Waals surface area contributed by atoms with Gasteiger partial charge in [-0.15, -0.1) is 0 Å². The molecule has 0 radical (unpaired) electrons. The van der Waals surface area contributed by atoms with Crippen LogP contribution in [0, 0.1) is 0 Å². The molecule has 2 aliphatic carbocycles. The van der Waals surface area contributed by atoms with Crippen molar-refractivity contribution in [2.24, 2.45) is 0 Å². The highest BCUT2D eigenvalue weighted by Crippen LogP contribution is 2.65. The number of piperidine rings is 1. The van der Waals surface area contributed by atoms with Gasteiger partial charge in [0.15, 0.2) is 17.6 Å². The Kier molecular flexibility index (Phi) is 5.91. The highest BCUT2D eigenvalue weighted by Gasteiger charge is 2.72. The van der Waals surface area contributed by atoms with E-state index in [1.807, 2.05) is 13.1 Å². The van der Waals surface area contributed by atoms with Gasteiger partial charge in [-0.05, 0) is 44.1 Å². The van der Waals surface area contributed by atoms with Crippen LogP contribution in [-0.2, 0) is 40.5 Å². The van der Waals surface area contributed by atoms with E-state index >= 15 is 0 Å². The molecule has 2 heterocycles. The molecule has 37 heavy (non-hydrogen) atoms. The van der Waals surface area contributed by atoms with E-state index in [0.717, 1.165) is 11.1 Å². The monoisotopic (exact) mass is 517 g/mol.